The molecular formula is C17H15N5. The van der Waals surface area contributed by atoms with Crippen LogP contribution in [0.25, 0.3) is 10.9 Å². The summed E-state index contributed by atoms with van der Waals surface area (Å²) in [5, 5.41) is 8.63. The Kier molecular flexibility index (Phi) is 3.16. The summed E-state index contributed by atoms with van der Waals surface area (Å²) in [5.74, 6) is 1.49. The Morgan fingerprint density at radius 2 is 2.00 bits per heavy atom. The molecule has 2 N–H and O–H groups in total. The van der Waals surface area contributed by atoms with E-state index in [4.69, 9.17) is 0 Å². The van der Waals surface area contributed by atoms with Crippen molar-refractivity contribution in [2.45, 2.75) is 12.1 Å². The monoisotopic (exact) mass is 289 g/mol. The zero-order valence-electron chi connectivity index (χ0n) is 11.8. The van der Waals surface area contributed by atoms with Crippen molar-refractivity contribution in [3.8, 4) is 0 Å². The Bertz CT molecular complexity index is 819. The molecule has 0 radical (unpaired) electrons. The molecule has 2 aliphatic rings. The van der Waals surface area contributed by atoms with Crippen LogP contribution in [0, 0.1) is 0 Å². The molecule has 1 aromatic heterocycles. The number of aromatic nitrogens is 1. The fraction of sp³-hybridized carbons (Fsp3) is 0.118. The summed E-state index contributed by atoms with van der Waals surface area (Å²) >= 11 is 0. The van der Waals surface area contributed by atoms with E-state index >= 15 is 0 Å². The van der Waals surface area contributed by atoms with Gasteiger partial charge in [-0.1, -0.05) is 42.5 Å². The van der Waals surface area contributed by atoms with Crippen LogP contribution in [0.15, 0.2) is 70.8 Å². The molecule has 1 aromatic carbocycles. The van der Waals surface area contributed by atoms with Crippen molar-refractivity contribution in [1.29, 1.82) is 0 Å². The van der Waals surface area contributed by atoms with Crippen LogP contribution in [0.3, 0.4) is 0 Å². The van der Waals surface area contributed by atoms with Crippen LogP contribution in [-0.2, 0) is 0 Å². The normalized spacial score (nSPS) is 22.6. The minimum Gasteiger partial charge on any atom is -0.360 e. The molecule has 22 heavy (non-hydrogen) atoms. The van der Waals surface area contributed by atoms with Gasteiger partial charge in [0.1, 0.15) is 11.7 Å². The molecular weight excluding hydrogens is 274 g/mol. The van der Waals surface area contributed by atoms with Gasteiger partial charge >= 0.3 is 0 Å². The third-order valence-electron chi connectivity index (χ3n) is 3.67. The molecule has 4 rings (SSSR count). The first-order chi connectivity index (χ1) is 10.9. The molecule has 0 fully saturated rings. The molecule has 0 amide bonds. The molecule has 0 saturated heterocycles. The van der Waals surface area contributed by atoms with Crippen molar-refractivity contribution >= 4 is 28.8 Å². The van der Waals surface area contributed by atoms with Gasteiger partial charge in [0.05, 0.1) is 23.8 Å². The Labute approximate surface area is 128 Å². The van der Waals surface area contributed by atoms with Gasteiger partial charge in [-0.15, -0.1) is 0 Å². The van der Waals surface area contributed by atoms with Crippen molar-refractivity contribution in [1.82, 2.24) is 10.3 Å². The number of aliphatic imine (C=N–C) groups is 1. The number of pyridine rings is 1. The first kappa shape index (κ1) is 12.8. The van der Waals surface area contributed by atoms with Gasteiger partial charge in [0.2, 0.25) is 0 Å². The summed E-state index contributed by atoms with van der Waals surface area (Å²) < 4.78 is 0. The summed E-state index contributed by atoms with van der Waals surface area (Å²) in [7, 11) is 0. The highest BCUT2D eigenvalue weighted by Crippen LogP contribution is 2.15. The van der Waals surface area contributed by atoms with Gasteiger partial charge < -0.3 is 5.32 Å². The average molecular weight is 289 g/mol. The number of rotatable bonds is 3. The number of fused-ring (bicyclic) bond motifs is 2. The number of para-hydroxylation sites is 1. The Balaban J connectivity index is 1.45. The van der Waals surface area contributed by atoms with Crippen LogP contribution in [0.2, 0.25) is 0 Å². The van der Waals surface area contributed by atoms with Crippen LogP contribution in [0.5, 0.6) is 0 Å². The highest BCUT2D eigenvalue weighted by Gasteiger charge is 2.24. The Morgan fingerprint density at radius 3 is 2.95 bits per heavy atom. The van der Waals surface area contributed by atoms with E-state index < -0.39 is 0 Å². The topological polar surface area (TPSA) is 61.7 Å². The van der Waals surface area contributed by atoms with Crippen LogP contribution in [-0.4, -0.2) is 29.1 Å². The van der Waals surface area contributed by atoms with Crippen molar-refractivity contribution < 1.29 is 0 Å². The molecule has 5 nitrogen and oxygen atoms in total. The Morgan fingerprint density at radius 1 is 1.09 bits per heavy atom. The Hall–Kier alpha value is -2.95. The van der Waals surface area contributed by atoms with Gasteiger partial charge in [-0.2, -0.15) is 5.10 Å². The summed E-state index contributed by atoms with van der Waals surface area (Å²) in [6.07, 6.45) is 9.92. The highest BCUT2D eigenvalue weighted by molar-refractivity contribution is 6.30. The van der Waals surface area contributed by atoms with E-state index in [0.717, 1.165) is 16.7 Å². The molecule has 108 valence electrons. The quantitative estimate of drug-likeness (QED) is 0.674. The number of nitrogens with one attached hydrogen (secondary N) is 2. The van der Waals surface area contributed by atoms with Gasteiger partial charge in [0.15, 0.2) is 0 Å². The first-order valence-corrected chi connectivity index (χ1v) is 7.23. The lowest BCUT2D eigenvalue weighted by molar-refractivity contribution is 0.696. The lowest BCUT2D eigenvalue weighted by Crippen LogP contribution is -2.33. The van der Waals surface area contributed by atoms with E-state index in [1.165, 1.54) is 0 Å². The standard InChI is InChI=1S/C17H15N5/c1-2-6-13-12(5-1)9-10-16(19-13)22-18-11-17-20-14-7-3-4-8-15(14)21-17/h1-11,14-15H,(H,19,22)(H,20,21). The van der Waals surface area contributed by atoms with E-state index in [0.29, 0.717) is 5.82 Å². The number of hydrogen-bond donors (Lipinski definition) is 2. The third kappa shape index (κ3) is 2.48. The molecule has 1 aliphatic carbocycles. The maximum absolute atomic E-state index is 4.55. The third-order valence-corrected chi connectivity index (χ3v) is 3.67. The summed E-state index contributed by atoms with van der Waals surface area (Å²) in [6, 6.07) is 12.3. The minimum atomic E-state index is 0.172. The maximum Gasteiger partial charge on any atom is 0.146 e. The van der Waals surface area contributed by atoms with Gasteiger partial charge in [-0.25, -0.2) is 4.98 Å². The molecule has 0 saturated carbocycles. The smallest absolute Gasteiger partial charge is 0.146 e. The van der Waals surface area contributed by atoms with E-state index in [1.54, 1.807) is 6.21 Å². The predicted molar refractivity (Wildman–Crippen MR) is 90.3 cm³/mol. The fourth-order valence-corrected chi connectivity index (χ4v) is 2.58. The van der Waals surface area contributed by atoms with Crippen molar-refractivity contribution in [2.75, 3.05) is 5.43 Å². The molecule has 2 heterocycles. The largest absolute Gasteiger partial charge is 0.360 e. The van der Waals surface area contributed by atoms with Crippen LogP contribution in [0.4, 0.5) is 5.82 Å². The summed E-state index contributed by atoms with van der Waals surface area (Å²) in [4.78, 5) is 9.05. The van der Waals surface area contributed by atoms with Crippen molar-refractivity contribution in [2.24, 2.45) is 10.1 Å². The van der Waals surface area contributed by atoms with Crippen molar-refractivity contribution in [3.05, 3.63) is 60.7 Å². The maximum atomic E-state index is 4.55. The van der Waals surface area contributed by atoms with Crippen LogP contribution in [0.1, 0.15) is 0 Å². The number of allylic oxidation sites excluding steroid dienone is 2. The minimum absolute atomic E-state index is 0.172. The van der Waals surface area contributed by atoms with Gasteiger partial charge in [0.25, 0.3) is 0 Å². The lowest BCUT2D eigenvalue weighted by Gasteiger charge is -2.12. The predicted octanol–water partition coefficient (Wildman–Crippen LogP) is 2.50. The van der Waals surface area contributed by atoms with Gasteiger partial charge in [0, 0.05) is 5.39 Å². The number of nitrogens with zero attached hydrogens (tertiary/aromatic N) is 3. The van der Waals surface area contributed by atoms with Crippen LogP contribution >= 0.6 is 0 Å². The molecule has 0 bridgehead atoms. The number of anilines is 1. The first-order valence-electron chi connectivity index (χ1n) is 7.23. The fourth-order valence-electron chi connectivity index (χ4n) is 2.58. The molecule has 0 spiro atoms. The summed E-state index contributed by atoms with van der Waals surface area (Å²) in [6.45, 7) is 0. The van der Waals surface area contributed by atoms with Crippen LogP contribution < -0.4 is 10.7 Å². The van der Waals surface area contributed by atoms with E-state index in [2.05, 4.69) is 38.0 Å². The second-order valence-electron chi connectivity index (χ2n) is 5.20. The molecule has 1 aliphatic heterocycles. The van der Waals surface area contributed by atoms with Gasteiger partial charge in [-0.05, 0) is 18.2 Å². The molecule has 2 atom stereocenters. The SMILES string of the molecule is C1=CC2N=C(C=NNc3ccc4ccccc4n3)NC2C=C1. The highest BCUT2D eigenvalue weighted by atomic mass is 15.3. The lowest BCUT2D eigenvalue weighted by atomic mass is 10.1. The second-order valence-corrected chi connectivity index (χ2v) is 5.20. The molecule has 2 unspecified atom stereocenters. The van der Waals surface area contributed by atoms with Crippen molar-refractivity contribution in [3.63, 3.8) is 0 Å². The number of hydrazone groups is 1. The van der Waals surface area contributed by atoms with E-state index in [-0.39, 0.29) is 12.1 Å². The average Bonchev–Trinajstić information content (AvgIpc) is 2.97. The number of amidine groups is 1. The zero-order chi connectivity index (χ0) is 14.8. The second kappa shape index (κ2) is 5.44. The zero-order valence-corrected chi connectivity index (χ0v) is 11.8. The summed E-state index contributed by atoms with van der Waals surface area (Å²) in [5.41, 5.74) is 3.89. The number of benzene rings is 1. The van der Waals surface area contributed by atoms with E-state index in [1.807, 2.05) is 48.6 Å². The number of hydrogen-bond acceptors (Lipinski definition) is 5. The molecule has 2 aromatic rings. The van der Waals surface area contributed by atoms with Gasteiger partial charge in [-0.3, -0.25) is 10.4 Å². The van der Waals surface area contributed by atoms with E-state index in [9.17, 15) is 0 Å². The molecule has 5 heteroatoms.